The van der Waals surface area contributed by atoms with Crippen molar-refractivity contribution in [1.29, 1.82) is 0 Å². The van der Waals surface area contributed by atoms with Gasteiger partial charge in [-0.1, -0.05) is 66.7 Å². The molecule has 0 spiro atoms. The molecule has 154 valence electrons. The Hall–Kier alpha value is -3.47. The van der Waals surface area contributed by atoms with E-state index in [2.05, 4.69) is 34.9 Å². The van der Waals surface area contributed by atoms with E-state index in [9.17, 15) is 4.79 Å². The number of hydrogen-bond acceptors (Lipinski definition) is 3. The maximum absolute atomic E-state index is 12.5. The lowest BCUT2D eigenvalue weighted by molar-refractivity contribution is 0.174. The first kappa shape index (κ1) is 19.8. The van der Waals surface area contributed by atoms with E-state index in [4.69, 9.17) is 9.47 Å². The molecule has 0 aliphatic carbocycles. The second-order valence-electron chi connectivity index (χ2n) is 7.41. The van der Waals surface area contributed by atoms with E-state index in [1.165, 1.54) is 11.1 Å². The molecule has 0 aromatic heterocycles. The second-order valence-corrected chi connectivity index (χ2v) is 7.41. The number of nitrogens with one attached hydrogen (secondary N) is 2. The molecular formula is C25H26N2O3. The first-order chi connectivity index (χ1) is 14.8. The Morgan fingerprint density at radius 2 is 1.47 bits per heavy atom. The Bertz CT molecular complexity index is 961. The van der Waals surface area contributed by atoms with Crippen LogP contribution < -0.4 is 20.1 Å². The summed E-state index contributed by atoms with van der Waals surface area (Å²) in [6.07, 6.45) is 2.26. The third-order valence-electron chi connectivity index (χ3n) is 5.12. The van der Waals surface area contributed by atoms with Gasteiger partial charge in [-0.05, 0) is 48.1 Å². The van der Waals surface area contributed by atoms with Gasteiger partial charge in [-0.2, -0.15) is 0 Å². The zero-order valence-electron chi connectivity index (χ0n) is 16.8. The molecule has 0 bridgehead atoms. The summed E-state index contributed by atoms with van der Waals surface area (Å²) in [7, 11) is 0. The molecule has 0 saturated heterocycles. The third kappa shape index (κ3) is 5.54. The molecule has 0 unspecified atom stereocenters. The Balaban J connectivity index is 1.37. The van der Waals surface area contributed by atoms with Gasteiger partial charge in [0, 0.05) is 12.6 Å². The van der Waals surface area contributed by atoms with Crippen LogP contribution in [0.1, 0.15) is 16.7 Å². The average molecular weight is 402 g/mol. The summed E-state index contributed by atoms with van der Waals surface area (Å²) in [5, 5.41) is 6.13. The number of amides is 2. The van der Waals surface area contributed by atoms with Crippen LogP contribution in [0.5, 0.6) is 11.5 Å². The molecule has 1 aliphatic rings. The molecule has 1 atom stereocenters. The number of carbonyl (C=O) groups excluding carboxylic acids is 1. The second kappa shape index (κ2) is 9.83. The lowest BCUT2D eigenvalue weighted by Crippen LogP contribution is -2.44. The van der Waals surface area contributed by atoms with Crippen LogP contribution in [-0.4, -0.2) is 25.4 Å². The van der Waals surface area contributed by atoms with Gasteiger partial charge in [0.2, 0.25) is 6.79 Å². The van der Waals surface area contributed by atoms with Gasteiger partial charge in [-0.3, -0.25) is 0 Å². The van der Waals surface area contributed by atoms with Gasteiger partial charge in [-0.25, -0.2) is 4.79 Å². The molecule has 1 aliphatic heterocycles. The van der Waals surface area contributed by atoms with Crippen molar-refractivity contribution in [2.24, 2.45) is 0 Å². The first-order valence-corrected chi connectivity index (χ1v) is 10.3. The monoisotopic (exact) mass is 402 g/mol. The summed E-state index contributed by atoms with van der Waals surface area (Å²) in [5.74, 6) is 1.53. The molecule has 3 aromatic carbocycles. The molecule has 5 heteroatoms. The van der Waals surface area contributed by atoms with Crippen molar-refractivity contribution < 1.29 is 14.3 Å². The van der Waals surface area contributed by atoms with E-state index in [1.54, 1.807) is 0 Å². The molecule has 1 heterocycles. The summed E-state index contributed by atoms with van der Waals surface area (Å²) in [5.41, 5.74) is 3.50. The minimum Gasteiger partial charge on any atom is -0.454 e. The highest BCUT2D eigenvalue weighted by Crippen LogP contribution is 2.32. The van der Waals surface area contributed by atoms with E-state index in [0.717, 1.165) is 29.9 Å². The number of rotatable bonds is 8. The van der Waals surface area contributed by atoms with E-state index in [1.807, 2.05) is 54.6 Å². The topological polar surface area (TPSA) is 59.6 Å². The molecule has 5 nitrogen and oxygen atoms in total. The van der Waals surface area contributed by atoms with Crippen molar-refractivity contribution in [2.45, 2.75) is 25.3 Å². The van der Waals surface area contributed by atoms with Crippen LogP contribution in [0.25, 0.3) is 0 Å². The van der Waals surface area contributed by atoms with Crippen molar-refractivity contribution in [2.75, 3.05) is 13.3 Å². The standard InChI is InChI=1S/C25H26N2O3/c28-25(26-14-13-19-7-3-1-4-8-19)27-22(15-20-9-5-2-6-10-20)16-21-11-12-23-24(17-21)30-18-29-23/h1-12,17,22H,13-16,18H2,(H2,26,27,28)/t22-/m0/s1. The quantitative estimate of drug-likeness (QED) is 0.596. The maximum Gasteiger partial charge on any atom is 0.315 e. The predicted octanol–water partition coefficient (Wildman–Crippen LogP) is 4.11. The van der Waals surface area contributed by atoms with Crippen LogP contribution in [0.2, 0.25) is 0 Å². The molecule has 0 fully saturated rings. The average Bonchev–Trinajstić information content (AvgIpc) is 3.23. The molecular weight excluding hydrogens is 376 g/mol. The number of hydrogen-bond donors (Lipinski definition) is 2. The highest BCUT2D eigenvalue weighted by Gasteiger charge is 2.17. The highest BCUT2D eigenvalue weighted by molar-refractivity contribution is 5.74. The lowest BCUT2D eigenvalue weighted by atomic mass is 9.98. The van der Waals surface area contributed by atoms with Crippen LogP contribution in [0.3, 0.4) is 0 Å². The minimum atomic E-state index is -0.146. The number of ether oxygens (including phenoxy) is 2. The SMILES string of the molecule is O=C(NCCc1ccccc1)N[C@@H](Cc1ccccc1)Cc1ccc2c(c1)OCO2. The fraction of sp³-hybridized carbons (Fsp3) is 0.240. The minimum absolute atomic E-state index is 0.0375. The summed E-state index contributed by atoms with van der Waals surface area (Å²) in [6, 6.07) is 26.1. The molecule has 3 aromatic rings. The molecule has 2 amide bonds. The van der Waals surface area contributed by atoms with Crippen molar-refractivity contribution in [3.63, 3.8) is 0 Å². The zero-order chi connectivity index (χ0) is 20.6. The Morgan fingerprint density at radius 1 is 0.800 bits per heavy atom. The van der Waals surface area contributed by atoms with E-state index in [0.29, 0.717) is 13.0 Å². The smallest absolute Gasteiger partial charge is 0.315 e. The highest BCUT2D eigenvalue weighted by atomic mass is 16.7. The Morgan fingerprint density at radius 3 is 2.23 bits per heavy atom. The van der Waals surface area contributed by atoms with Gasteiger partial charge in [0.15, 0.2) is 11.5 Å². The third-order valence-corrected chi connectivity index (χ3v) is 5.12. The predicted molar refractivity (Wildman–Crippen MR) is 117 cm³/mol. The zero-order valence-corrected chi connectivity index (χ0v) is 16.8. The van der Waals surface area contributed by atoms with Gasteiger partial charge in [0.1, 0.15) is 0 Å². The molecule has 0 saturated carbocycles. The van der Waals surface area contributed by atoms with Gasteiger partial charge in [0.05, 0.1) is 0 Å². The summed E-state index contributed by atoms with van der Waals surface area (Å²) >= 11 is 0. The van der Waals surface area contributed by atoms with Crippen LogP contribution in [0, 0.1) is 0 Å². The number of carbonyl (C=O) groups is 1. The number of fused-ring (bicyclic) bond motifs is 1. The van der Waals surface area contributed by atoms with Gasteiger partial charge >= 0.3 is 6.03 Å². The number of urea groups is 1. The fourth-order valence-corrected chi connectivity index (χ4v) is 3.63. The normalized spacial score (nSPS) is 12.9. The van der Waals surface area contributed by atoms with Crippen molar-refractivity contribution in [3.05, 3.63) is 95.6 Å². The maximum atomic E-state index is 12.5. The van der Waals surface area contributed by atoms with E-state index in [-0.39, 0.29) is 18.9 Å². The molecule has 4 rings (SSSR count). The summed E-state index contributed by atoms with van der Waals surface area (Å²) in [6.45, 7) is 0.853. The van der Waals surface area contributed by atoms with Gasteiger partial charge in [0.25, 0.3) is 0 Å². The molecule has 2 N–H and O–H groups in total. The van der Waals surface area contributed by atoms with Crippen LogP contribution in [-0.2, 0) is 19.3 Å². The van der Waals surface area contributed by atoms with Crippen molar-refractivity contribution in [1.82, 2.24) is 10.6 Å². The van der Waals surface area contributed by atoms with E-state index < -0.39 is 0 Å². The van der Waals surface area contributed by atoms with Gasteiger partial charge < -0.3 is 20.1 Å². The number of benzene rings is 3. The first-order valence-electron chi connectivity index (χ1n) is 10.3. The fourth-order valence-electron chi connectivity index (χ4n) is 3.63. The largest absolute Gasteiger partial charge is 0.454 e. The van der Waals surface area contributed by atoms with Crippen molar-refractivity contribution >= 4 is 6.03 Å². The molecule has 30 heavy (non-hydrogen) atoms. The Kier molecular flexibility index (Phi) is 6.50. The lowest BCUT2D eigenvalue weighted by Gasteiger charge is -2.20. The van der Waals surface area contributed by atoms with Gasteiger partial charge in [-0.15, -0.1) is 0 Å². The van der Waals surface area contributed by atoms with Crippen LogP contribution in [0.15, 0.2) is 78.9 Å². The van der Waals surface area contributed by atoms with E-state index >= 15 is 0 Å². The van der Waals surface area contributed by atoms with Crippen molar-refractivity contribution in [3.8, 4) is 11.5 Å². The van der Waals surface area contributed by atoms with Crippen LogP contribution >= 0.6 is 0 Å². The summed E-state index contributed by atoms with van der Waals surface area (Å²) in [4.78, 5) is 12.5. The Labute approximate surface area is 177 Å². The summed E-state index contributed by atoms with van der Waals surface area (Å²) < 4.78 is 10.9. The molecule has 0 radical (unpaired) electrons. The van der Waals surface area contributed by atoms with Crippen LogP contribution in [0.4, 0.5) is 4.79 Å².